The Balaban J connectivity index is 1.64. The van der Waals surface area contributed by atoms with Gasteiger partial charge in [-0.3, -0.25) is 20.2 Å². The van der Waals surface area contributed by atoms with E-state index in [1.54, 1.807) is 6.92 Å². The highest BCUT2D eigenvalue weighted by Crippen LogP contribution is 2.27. The summed E-state index contributed by atoms with van der Waals surface area (Å²) in [6.07, 6.45) is 1.37. The van der Waals surface area contributed by atoms with Crippen LogP contribution >= 0.6 is 11.6 Å². The maximum atomic E-state index is 12.6. The molecule has 1 aliphatic rings. The van der Waals surface area contributed by atoms with Crippen LogP contribution in [0.1, 0.15) is 17.3 Å². The molecular weight excluding hydrogens is 460 g/mol. The molecule has 174 valence electrons. The topological polar surface area (TPSA) is 161 Å². The van der Waals surface area contributed by atoms with Crippen molar-refractivity contribution in [3.8, 4) is 0 Å². The quantitative estimate of drug-likeness (QED) is 0.373. The van der Waals surface area contributed by atoms with Gasteiger partial charge in [-0.2, -0.15) is 0 Å². The third-order valence-corrected chi connectivity index (χ3v) is 5.05. The van der Waals surface area contributed by atoms with Gasteiger partial charge in [-0.15, -0.1) is 0 Å². The van der Waals surface area contributed by atoms with Crippen LogP contribution in [0.4, 0.5) is 27.7 Å². The molecule has 0 radical (unpaired) electrons. The molecule has 3 rings (SSSR count). The van der Waals surface area contributed by atoms with Gasteiger partial charge in [-0.05, 0) is 13.0 Å². The number of piperazine rings is 1. The van der Waals surface area contributed by atoms with E-state index in [-0.39, 0.29) is 36.0 Å². The molecule has 2 aromatic rings. The number of halogens is 1. The molecule has 2 heterocycles. The van der Waals surface area contributed by atoms with Crippen LogP contribution in [0.3, 0.4) is 0 Å². The normalized spacial score (nSPS) is 13.4. The summed E-state index contributed by atoms with van der Waals surface area (Å²) in [7, 11) is 0. The van der Waals surface area contributed by atoms with Gasteiger partial charge in [0.1, 0.15) is 5.82 Å². The van der Waals surface area contributed by atoms with Crippen LogP contribution in [-0.4, -0.2) is 64.5 Å². The number of pyridine rings is 1. The predicted octanol–water partition coefficient (Wildman–Crippen LogP) is 3.08. The maximum absolute atomic E-state index is 12.6. The van der Waals surface area contributed by atoms with Gasteiger partial charge in [0, 0.05) is 44.5 Å². The lowest BCUT2D eigenvalue weighted by molar-refractivity contribution is -0.394. The molecule has 13 nitrogen and oxygen atoms in total. The number of esters is 1. The first-order valence-electron chi connectivity index (χ1n) is 9.77. The van der Waals surface area contributed by atoms with Crippen LogP contribution in [0.2, 0.25) is 5.02 Å². The zero-order valence-electron chi connectivity index (χ0n) is 17.4. The number of nitro benzene ring substituents is 2. The minimum absolute atomic E-state index is 0.0532. The minimum atomic E-state index is -0.772. The Labute approximate surface area is 192 Å². The molecule has 1 N–H and O–H groups in total. The summed E-state index contributed by atoms with van der Waals surface area (Å²) in [4.78, 5) is 52.4. The summed E-state index contributed by atoms with van der Waals surface area (Å²) in [6, 6.07) is 3.83. The molecule has 33 heavy (non-hydrogen) atoms. The number of hydrogen-bond donors (Lipinski definition) is 1. The van der Waals surface area contributed by atoms with Crippen molar-refractivity contribution >= 4 is 46.5 Å². The molecule has 1 aromatic heterocycles. The van der Waals surface area contributed by atoms with Crippen LogP contribution in [0.25, 0.3) is 0 Å². The van der Waals surface area contributed by atoms with Crippen molar-refractivity contribution in [2.45, 2.75) is 6.92 Å². The fourth-order valence-corrected chi connectivity index (χ4v) is 3.48. The summed E-state index contributed by atoms with van der Waals surface area (Å²) in [5.74, 6) is -0.0691. The average molecular weight is 479 g/mol. The molecule has 0 unspecified atom stereocenters. The Kier molecular flexibility index (Phi) is 7.23. The van der Waals surface area contributed by atoms with Gasteiger partial charge in [0.2, 0.25) is 0 Å². The first-order valence-corrected chi connectivity index (χ1v) is 10.1. The number of aromatic nitrogens is 1. The fourth-order valence-electron chi connectivity index (χ4n) is 3.19. The van der Waals surface area contributed by atoms with Gasteiger partial charge in [0.15, 0.2) is 0 Å². The number of rotatable bonds is 6. The van der Waals surface area contributed by atoms with Crippen molar-refractivity contribution in [3.05, 3.63) is 61.3 Å². The highest BCUT2D eigenvalue weighted by molar-refractivity contribution is 6.33. The number of carbonyl (C=O) groups excluding carboxylic acids is 2. The Morgan fingerprint density at radius 2 is 1.70 bits per heavy atom. The van der Waals surface area contributed by atoms with E-state index in [2.05, 4.69) is 10.3 Å². The molecule has 2 amide bonds. The van der Waals surface area contributed by atoms with E-state index in [1.807, 2.05) is 4.90 Å². The Hall–Kier alpha value is -4.00. The monoisotopic (exact) mass is 478 g/mol. The molecule has 1 aliphatic heterocycles. The molecule has 0 aliphatic carbocycles. The molecule has 0 bridgehead atoms. The number of nitrogens with one attached hydrogen (secondary N) is 1. The summed E-state index contributed by atoms with van der Waals surface area (Å²) < 4.78 is 4.92. The number of nitrogens with zero attached hydrogens (tertiary/aromatic N) is 5. The highest BCUT2D eigenvalue weighted by atomic mass is 35.5. The fraction of sp³-hybridized carbons (Fsp3) is 0.316. The molecular formula is C19H19ClN6O7. The second-order valence-corrected chi connectivity index (χ2v) is 7.31. The third kappa shape index (κ3) is 5.63. The zero-order valence-corrected chi connectivity index (χ0v) is 18.1. The van der Waals surface area contributed by atoms with Crippen molar-refractivity contribution in [1.29, 1.82) is 0 Å². The van der Waals surface area contributed by atoms with Gasteiger partial charge in [-0.25, -0.2) is 14.6 Å². The van der Waals surface area contributed by atoms with Crippen molar-refractivity contribution < 1.29 is 24.2 Å². The lowest BCUT2D eigenvalue weighted by atomic mass is 10.2. The SMILES string of the molecule is CCOC(=O)c1cnc(N2CCN(C(=O)Nc3cc([N+](=O)[O-])cc([N+](=O)[O-])c3)CC2)c(Cl)c1. The lowest BCUT2D eigenvalue weighted by Gasteiger charge is -2.35. The summed E-state index contributed by atoms with van der Waals surface area (Å²) in [6.45, 7) is 3.24. The van der Waals surface area contributed by atoms with E-state index in [0.717, 1.165) is 18.2 Å². The van der Waals surface area contributed by atoms with Gasteiger partial charge < -0.3 is 19.9 Å². The van der Waals surface area contributed by atoms with Crippen LogP contribution in [0.15, 0.2) is 30.5 Å². The van der Waals surface area contributed by atoms with E-state index >= 15 is 0 Å². The van der Waals surface area contributed by atoms with Crippen LogP contribution in [-0.2, 0) is 4.74 Å². The number of hydrogen-bond acceptors (Lipinski definition) is 9. The van der Waals surface area contributed by atoms with Gasteiger partial charge >= 0.3 is 12.0 Å². The molecule has 0 atom stereocenters. The van der Waals surface area contributed by atoms with Crippen LogP contribution in [0.5, 0.6) is 0 Å². The molecule has 0 saturated carbocycles. The Morgan fingerprint density at radius 3 is 2.21 bits per heavy atom. The number of anilines is 2. The Bertz CT molecular complexity index is 1070. The predicted molar refractivity (Wildman–Crippen MR) is 118 cm³/mol. The Morgan fingerprint density at radius 1 is 1.09 bits per heavy atom. The molecule has 0 spiro atoms. The zero-order chi connectivity index (χ0) is 24.1. The minimum Gasteiger partial charge on any atom is -0.462 e. The van der Waals surface area contributed by atoms with Crippen molar-refractivity contribution in [2.24, 2.45) is 0 Å². The second kappa shape index (κ2) is 10.1. The van der Waals surface area contributed by atoms with Crippen molar-refractivity contribution in [3.63, 3.8) is 0 Å². The summed E-state index contributed by atoms with van der Waals surface area (Å²) in [5, 5.41) is 24.8. The number of amides is 2. The van der Waals surface area contributed by atoms with Crippen LogP contribution < -0.4 is 10.2 Å². The smallest absolute Gasteiger partial charge is 0.339 e. The number of benzene rings is 1. The van der Waals surface area contributed by atoms with Gasteiger partial charge in [-0.1, -0.05) is 11.6 Å². The number of carbonyl (C=O) groups is 2. The number of non-ortho nitro benzene ring substituents is 2. The van der Waals surface area contributed by atoms with E-state index in [4.69, 9.17) is 16.3 Å². The first kappa shape index (κ1) is 23.7. The lowest BCUT2D eigenvalue weighted by Crippen LogP contribution is -2.50. The van der Waals surface area contributed by atoms with Crippen LogP contribution in [0, 0.1) is 20.2 Å². The van der Waals surface area contributed by atoms with Crippen molar-refractivity contribution in [1.82, 2.24) is 9.88 Å². The van der Waals surface area contributed by atoms with Gasteiger partial charge in [0.05, 0.1) is 38.8 Å². The summed E-state index contributed by atoms with van der Waals surface area (Å²) >= 11 is 6.28. The van der Waals surface area contributed by atoms with E-state index in [9.17, 15) is 29.8 Å². The molecule has 1 fully saturated rings. The molecule has 1 saturated heterocycles. The number of urea groups is 1. The van der Waals surface area contributed by atoms with E-state index in [0.29, 0.717) is 18.9 Å². The first-order chi connectivity index (χ1) is 15.7. The van der Waals surface area contributed by atoms with E-state index < -0.39 is 33.2 Å². The molecule has 14 heteroatoms. The standard InChI is InChI=1S/C19H19ClN6O7/c1-2-33-18(27)12-7-16(20)17(21-11-12)23-3-5-24(6-4-23)19(28)22-13-8-14(25(29)30)10-15(9-13)26(31)32/h7-11H,2-6H2,1H3,(H,22,28). The third-order valence-electron chi connectivity index (χ3n) is 4.77. The second-order valence-electron chi connectivity index (χ2n) is 6.91. The van der Waals surface area contributed by atoms with E-state index in [1.165, 1.54) is 17.2 Å². The number of ether oxygens (including phenoxy) is 1. The summed E-state index contributed by atoms with van der Waals surface area (Å²) in [5.41, 5.74) is -0.829. The molecule has 1 aromatic carbocycles. The maximum Gasteiger partial charge on any atom is 0.339 e. The van der Waals surface area contributed by atoms with Crippen molar-refractivity contribution in [2.75, 3.05) is 43.0 Å². The average Bonchev–Trinajstić information content (AvgIpc) is 2.79. The van der Waals surface area contributed by atoms with Gasteiger partial charge in [0.25, 0.3) is 11.4 Å². The largest absolute Gasteiger partial charge is 0.462 e. The highest BCUT2D eigenvalue weighted by Gasteiger charge is 2.25. The number of nitro groups is 2.